The number of nitrogens with one attached hydrogen (secondary N) is 2. The minimum atomic E-state index is -4.44. The molecule has 1 amide bonds. The van der Waals surface area contributed by atoms with Gasteiger partial charge in [0.1, 0.15) is 5.69 Å². The fraction of sp³-hybridized carbons (Fsp3) is 0.211. The molecule has 0 saturated heterocycles. The Morgan fingerprint density at radius 1 is 1.07 bits per heavy atom. The van der Waals surface area contributed by atoms with Gasteiger partial charge in [-0.15, -0.1) is 0 Å². The molecule has 2 aromatic carbocycles. The average Bonchev–Trinajstić information content (AvgIpc) is 3.25. The lowest BCUT2D eigenvalue weighted by Gasteiger charge is -2.06. The van der Waals surface area contributed by atoms with Gasteiger partial charge in [0.25, 0.3) is 0 Å². The third-order valence-corrected chi connectivity index (χ3v) is 4.29. The van der Waals surface area contributed by atoms with Crippen LogP contribution in [0.2, 0.25) is 0 Å². The smallest absolute Gasteiger partial charge is 0.431 e. The molecule has 0 spiro atoms. The minimum absolute atomic E-state index is 0.191. The van der Waals surface area contributed by atoms with Crippen molar-refractivity contribution in [1.29, 1.82) is 0 Å². The van der Waals surface area contributed by atoms with E-state index in [1.54, 1.807) is 12.1 Å². The van der Waals surface area contributed by atoms with Gasteiger partial charge >= 0.3 is 6.18 Å². The van der Waals surface area contributed by atoms with E-state index in [2.05, 4.69) is 10.3 Å². The van der Waals surface area contributed by atoms with E-state index in [0.29, 0.717) is 34.5 Å². The second kappa shape index (κ2) is 6.53. The second-order valence-electron chi connectivity index (χ2n) is 6.22. The topological polar surface area (TPSA) is 63.4 Å². The highest BCUT2D eigenvalue weighted by atomic mass is 19.4. The molecule has 5 nitrogen and oxygen atoms in total. The van der Waals surface area contributed by atoms with Crippen LogP contribution in [0.25, 0.3) is 10.9 Å². The van der Waals surface area contributed by atoms with Crippen molar-refractivity contribution in [2.75, 3.05) is 12.1 Å². The highest BCUT2D eigenvalue weighted by Crippen LogP contribution is 2.33. The van der Waals surface area contributed by atoms with E-state index in [0.717, 1.165) is 11.6 Å². The number of benzene rings is 2. The molecule has 0 fully saturated rings. The predicted octanol–water partition coefficient (Wildman–Crippen LogP) is 4.49. The molecule has 0 bridgehead atoms. The van der Waals surface area contributed by atoms with Crippen LogP contribution in [-0.2, 0) is 17.4 Å². The first-order valence-corrected chi connectivity index (χ1v) is 8.27. The number of anilines is 1. The Bertz CT molecular complexity index is 1010. The summed E-state index contributed by atoms with van der Waals surface area (Å²) in [6.45, 7) is 0.191. The Balaban J connectivity index is 1.40. The molecular weight excluding hydrogens is 361 g/mol. The number of alkyl halides is 3. The van der Waals surface area contributed by atoms with Gasteiger partial charge in [0.2, 0.25) is 12.7 Å². The van der Waals surface area contributed by atoms with E-state index < -0.39 is 11.9 Å². The average molecular weight is 376 g/mol. The third kappa shape index (κ3) is 3.69. The number of aromatic nitrogens is 1. The molecule has 0 unspecified atom stereocenters. The van der Waals surface area contributed by atoms with E-state index in [4.69, 9.17) is 9.47 Å². The number of carbonyl (C=O) groups is 1. The molecule has 0 atom stereocenters. The van der Waals surface area contributed by atoms with Crippen molar-refractivity contribution < 1.29 is 27.4 Å². The van der Waals surface area contributed by atoms with Gasteiger partial charge in [0.05, 0.1) is 0 Å². The number of fused-ring (bicyclic) bond motifs is 2. The van der Waals surface area contributed by atoms with Crippen LogP contribution in [0.5, 0.6) is 11.5 Å². The normalized spacial score (nSPS) is 13.1. The monoisotopic (exact) mass is 376 g/mol. The van der Waals surface area contributed by atoms with E-state index in [-0.39, 0.29) is 19.1 Å². The molecule has 0 saturated carbocycles. The van der Waals surface area contributed by atoms with Gasteiger partial charge < -0.3 is 19.8 Å². The zero-order chi connectivity index (χ0) is 19.0. The molecule has 1 aromatic heterocycles. The van der Waals surface area contributed by atoms with Gasteiger partial charge in [0.15, 0.2) is 11.5 Å². The van der Waals surface area contributed by atoms with Crippen molar-refractivity contribution >= 4 is 22.5 Å². The molecule has 3 aromatic rings. The molecular formula is C19H15F3N2O3. The lowest BCUT2D eigenvalue weighted by molar-refractivity contribution is -0.140. The quantitative estimate of drug-likeness (QED) is 0.705. The van der Waals surface area contributed by atoms with Crippen LogP contribution < -0.4 is 14.8 Å². The number of aromatic amines is 1. The number of aryl methyl sites for hydroxylation is 1. The number of amides is 1. The first kappa shape index (κ1) is 17.3. The standard InChI is InChI=1S/C19H15F3N2O3/c20-19(21,22)17-9-12-8-13(3-4-14(12)24-17)23-18(25)6-2-11-1-5-15-16(7-11)27-10-26-15/h1,3-5,7-9,24H,2,6,10H2,(H,23,25). The van der Waals surface area contributed by atoms with Crippen LogP contribution in [0.4, 0.5) is 18.9 Å². The van der Waals surface area contributed by atoms with Crippen LogP contribution in [0, 0.1) is 0 Å². The summed E-state index contributed by atoms with van der Waals surface area (Å²) >= 11 is 0. The number of halogens is 3. The molecule has 0 aliphatic carbocycles. The zero-order valence-electron chi connectivity index (χ0n) is 14.0. The van der Waals surface area contributed by atoms with Crippen molar-refractivity contribution in [1.82, 2.24) is 4.98 Å². The summed E-state index contributed by atoms with van der Waals surface area (Å²) in [6.07, 6.45) is -3.70. The first-order chi connectivity index (χ1) is 12.9. The van der Waals surface area contributed by atoms with Crippen molar-refractivity contribution in [3.8, 4) is 11.5 Å². The third-order valence-electron chi connectivity index (χ3n) is 4.29. The van der Waals surface area contributed by atoms with Gasteiger partial charge in [-0.2, -0.15) is 13.2 Å². The van der Waals surface area contributed by atoms with Crippen LogP contribution >= 0.6 is 0 Å². The highest BCUT2D eigenvalue weighted by molar-refractivity contribution is 5.94. The van der Waals surface area contributed by atoms with Crippen LogP contribution in [-0.4, -0.2) is 17.7 Å². The number of H-pyrrole nitrogens is 1. The first-order valence-electron chi connectivity index (χ1n) is 8.27. The number of ether oxygens (including phenoxy) is 2. The van der Waals surface area contributed by atoms with Gasteiger partial charge in [0, 0.05) is 23.0 Å². The maximum absolute atomic E-state index is 12.8. The maximum Gasteiger partial charge on any atom is 0.431 e. The predicted molar refractivity (Wildman–Crippen MR) is 92.8 cm³/mol. The molecule has 27 heavy (non-hydrogen) atoms. The van der Waals surface area contributed by atoms with Crippen molar-refractivity contribution in [3.63, 3.8) is 0 Å². The molecule has 2 N–H and O–H groups in total. The number of hydrogen-bond donors (Lipinski definition) is 2. The summed E-state index contributed by atoms with van der Waals surface area (Å²) in [5.41, 5.74) is 0.931. The fourth-order valence-electron chi connectivity index (χ4n) is 2.94. The number of carbonyl (C=O) groups excluding carboxylic acids is 1. The Kier molecular flexibility index (Phi) is 4.18. The zero-order valence-corrected chi connectivity index (χ0v) is 14.0. The van der Waals surface area contributed by atoms with E-state index in [9.17, 15) is 18.0 Å². The van der Waals surface area contributed by atoms with Gasteiger partial charge in [-0.3, -0.25) is 4.79 Å². The Labute approximate surface area is 152 Å². The van der Waals surface area contributed by atoms with Crippen LogP contribution in [0.1, 0.15) is 17.7 Å². The molecule has 1 aliphatic heterocycles. The second-order valence-corrected chi connectivity index (χ2v) is 6.22. The molecule has 4 rings (SSSR count). The molecule has 2 heterocycles. The Morgan fingerprint density at radius 2 is 1.89 bits per heavy atom. The lowest BCUT2D eigenvalue weighted by Crippen LogP contribution is -2.12. The molecule has 0 radical (unpaired) electrons. The highest BCUT2D eigenvalue weighted by Gasteiger charge is 2.32. The largest absolute Gasteiger partial charge is 0.454 e. The summed E-state index contributed by atoms with van der Waals surface area (Å²) in [4.78, 5) is 14.5. The van der Waals surface area contributed by atoms with Gasteiger partial charge in [-0.1, -0.05) is 6.07 Å². The SMILES string of the molecule is O=C(CCc1ccc2c(c1)OCO2)Nc1ccc2[nH]c(C(F)(F)F)cc2c1. The lowest BCUT2D eigenvalue weighted by atomic mass is 10.1. The van der Waals surface area contributed by atoms with E-state index in [1.165, 1.54) is 12.1 Å². The summed E-state index contributed by atoms with van der Waals surface area (Å²) < 4.78 is 48.8. The summed E-state index contributed by atoms with van der Waals surface area (Å²) in [5.74, 6) is 1.12. The van der Waals surface area contributed by atoms with Crippen molar-refractivity contribution in [2.45, 2.75) is 19.0 Å². The molecule has 1 aliphatic rings. The van der Waals surface area contributed by atoms with Gasteiger partial charge in [-0.05, 0) is 48.4 Å². The minimum Gasteiger partial charge on any atom is -0.454 e. The van der Waals surface area contributed by atoms with Crippen molar-refractivity contribution in [2.24, 2.45) is 0 Å². The van der Waals surface area contributed by atoms with E-state index >= 15 is 0 Å². The van der Waals surface area contributed by atoms with Crippen LogP contribution in [0.15, 0.2) is 42.5 Å². The molecule has 140 valence electrons. The Morgan fingerprint density at radius 3 is 2.70 bits per heavy atom. The Hall–Kier alpha value is -3.16. The fourth-order valence-corrected chi connectivity index (χ4v) is 2.94. The summed E-state index contributed by atoms with van der Waals surface area (Å²) in [7, 11) is 0. The maximum atomic E-state index is 12.8. The van der Waals surface area contributed by atoms with E-state index in [1.807, 2.05) is 12.1 Å². The summed E-state index contributed by atoms with van der Waals surface area (Å²) in [5, 5.41) is 3.10. The van der Waals surface area contributed by atoms with Crippen molar-refractivity contribution in [3.05, 3.63) is 53.7 Å². The molecule has 8 heteroatoms. The van der Waals surface area contributed by atoms with Gasteiger partial charge in [-0.25, -0.2) is 0 Å². The number of rotatable bonds is 4. The summed E-state index contributed by atoms with van der Waals surface area (Å²) in [6, 6.07) is 11.1. The van der Waals surface area contributed by atoms with Crippen LogP contribution in [0.3, 0.4) is 0 Å². The number of hydrogen-bond acceptors (Lipinski definition) is 3.